The van der Waals surface area contributed by atoms with Gasteiger partial charge >= 0.3 is 0 Å². The van der Waals surface area contributed by atoms with Crippen LogP contribution in [0, 0.1) is 0 Å². The van der Waals surface area contributed by atoms with Gasteiger partial charge in [-0.25, -0.2) is 0 Å². The van der Waals surface area contributed by atoms with E-state index >= 15 is 0 Å². The molecule has 1 aliphatic heterocycles. The number of aromatic nitrogens is 1. The van der Waals surface area contributed by atoms with Crippen molar-refractivity contribution in [1.82, 2.24) is 4.98 Å². The van der Waals surface area contributed by atoms with Crippen molar-refractivity contribution in [2.75, 3.05) is 23.9 Å². The molecule has 5 nitrogen and oxygen atoms in total. The van der Waals surface area contributed by atoms with Gasteiger partial charge in [0.15, 0.2) is 5.82 Å². The highest BCUT2D eigenvalue weighted by molar-refractivity contribution is 6.00. The van der Waals surface area contributed by atoms with Crippen molar-refractivity contribution < 1.29 is 9.53 Å². The zero-order chi connectivity index (χ0) is 11.7. The molecule has 1 N–H and O–H groups in total. The molecule has 0 aliphatic carbocycles. The summed E-state index contributed by atoms with van der Waals surface area (Å²) in [6, 6.07) is 3.78. The summed E-state index contributed by atoms with van der Waals surface area (Å²) >= 11 is 0. The molecule has 5 heteroatoms. The highest BCUT2D eigenvalue weighted by Gasteiger charge is 2.25. The Balaban J connectivity index is 2.45. The van der Waals surface area contributed by atoms with Crippen molar-refractivity contribution >= 4 is 17.4 Å². The molecular formula is C11H15N3O2. The Morgan fingerprint density at radius 3 is 2.88 bits per heavy atom. The first-order chi connectivity index (χ1) is 7.61. The van der Waals surface area contributed by atoms with Crippen molar-refractivity contribution in [2.45, 2.75) is 19.9 Å². The second-order valence-corrected chi connectivity index (χ2v) is 3.99. The SMILES string of the molecule is COc1ccc2c(n1)N(C(C)C)CC(=O)N2. The first-order valence-corrected chi connectivity index (χ1v) is 5.23. The summed E-state index contributed by atoms with van der Waals surface area (Å²) in [4.78, 5) is 17.8. The fourth-order valence-electron chi connectivity index (χ4n) is 1.71. The first kappa shape index (κ1) is 10.7. The quantitative estimate of drug-likeness (QED) is 0.816. The molecule has 2 rings (SSSR count). The molecule has 0 saturated carbocycles. The van der Waals surface area contributed by atoms with Gasteiger partial charge in [0.1, 0.15) is 0 Å². The summed E-state index contributed by atoms with van der Waals surface area (Å²) < 4.78 is 5.08. The van der Waals surface area contributed by atoms with Gasteiger partial charge in [-0.3, -0.25) is 4.79 Å². The Bertz CT molecular complexity index is 418. The van der Waals surface area contributed by atoms with E-state index in [-0.39, 0.29) is 11.9 Å². The van der Waals surface area contributed by atoms with Gasteiger partial charge in [0.25, 0.3) is 0 Å². The minimum absolute atomic E-state index is 0.00633. The number of ether oxygens (including phenoxy) is 1. The Hall–Kier alpha value is -1.78. The van der Waals surface area contributed by atoms with Crippen molar-refractivity contribution in [3.8, 4) is 5.88 Å². The predicted octanol–water partition coefficient (Wildman–Crippen LogP) is 1.26. The van der Waals surface area contributed by atoms with E-state index in [9.17, 15) is 4.79 Å². The van der Waals surface area contributed by atoms with Gasteiger partial charge < -0.3 is 15.0 Å². The van der Waals surface area contributed by atoms with Crippen LogP contribution in [-0.2, 0) is 4.79 Å². The van der Waals surface area contributed by atoms with Crippen LogP contribution >= 0.6 is 0 Å². The molecule has 1 amide bonds. The van der Waals surface area contributed by atoms with E-state index in [1.807, 2.05) is 24.8 Å². The van der Waals surface area contributed by atoms with Crippen molar-refractivity contribution in [3.05, 3.63) is 12.1 Å². The molecule has 1 aliphatic rings. The fraction of sp³-hybridized carbons (Fsp3) is 0.455. The predicted molar refractivity (Wildman–Crippen MR) is 61.9 cm³/mol. The Morgan fingerprint density at radius 2 is 2.25 bits per heavy atom. The van der Waals surface area contributed by atoms with E-state index in [4.69, 9.17) is 4.74 Å². The van der Waals surface area contributed by atoms with Gasteiger partial charge in [0.05, 0.1) is 19.3 Å². The molecule has 1 aromatic rings. The summed E-state index contributed by atoms with van der Waals surface area (Å²) in [6.45, 7) is 4.40. The number of pyridine rings is 1. The molecule has 0 bridgehead atoms. The number of hydrogen-bond acceptors (Lipinski definition) is 4. The van der Waals surface area contributed by atoms with Crippen LogP contribution in [0.4, 0.5) is 11.5 Å². The number of fused-ring (bicyclic) bond motifs is 1. The van der Waals surface area contributed by atoms with Gasteiger partial charge in [-0.15, -0.1) is 0 Å². The van der Waals surface area contributed by atoms with Gasteiger partial charge in [0.2, 0.25) is 11.8 Å². The van der Waals surface area contributed by atoms with Crippen molar-refractivity contribution in [2.24, 2.45) is 0 Å². The summed E-state index contributed by atoms with van der Waals surface area (Å²) in [6.07, 6.45) is 0. The van der Waals surface area contributed by atoms with E-state index in [1.165, 1.54) is 0 Å². The average Bonchev–Trinajstić information content (AvgIpc) is 2.27. The molecule has 16 heavy (non-hydrogen) atoms. The minimum Gasteiger partial charge on any atom is -0.481 e. The number of carbonyl (C=O) groups excluding carboxylic acids is 1. The highest BCUT2D eigenvalue weighted by atomic mass is 16.5. The van der Waals surface area contributed by atoms with E-state index in [0.717, 1.165) is 11.5 Å². The fourth-order valence-corrected chi connectivity index (χ4v) is 1.71. The molecule has 0 unspecified atom stereocenters. The first-order valence-electron chi connectivity index (χ1n) is 5.23. The molecule has 0 atom stereocenters. The number of nitrogens with zero attached hydrogens (tertiary/aromatic N) is 2. The van der Waals surface area contributed by atoms with Gasteiger partial charge in [-0.05, 0) is 19.9 Å². The largest absolute Gasteiger partial charge is 0.481 e. The lowest BCUT2D eigenvalue weighted by Gasteiger charge is -2.32. The van der Waals surface area contributed by atoms with Crippen molar-refractivity contribution in [1.29, 1.82) is 0 Å². The lowest BCUT2D eigenvalue weighted by Crippen LogP contribution is -2.42. The molecule has 0 saturated heterocycles. The van der Waals surface area contributed by atoms with Crippen LogP contribution in [0.2, 0.25) is 0 Å². The number of anilines is 2. The van der Waals surface area contributed by atoms with Crippen LogP contribution in [-0.4, -0.2) is 30.6 Å². The maximum absolute atomic E-state index is 11.5. The van der Waals surface area contributed by atoms with Crippen molar-refractivity contribution in [3.63, 3.8) is 0 Å². The minimum atomic E-state index is -0.00633. The van der Waals surface area contributed by atoms with Crippen LogP contribution in [0.3, 0.4) is 0 Å². The lowest BCUT2D eigenvalue weighted by molar-refractivity contribution is -0.115. The zero-order valence-corrected chi connectivity index (χ0v) is 9.65. The summed E-state index contributed by atoms with van der Waals surface area (Å²) in [7, 11) is 1.58. The number of amides is 1. The van der Waals surface area contributed by atoms with Crippen LogP contribution < -0.4 is 15.0 Å². The molecule has 86 valence electrons. The van der Waals surface area contributed by atoms with Crippen LogP contribution in [0.25, 0.3) is 0 Å². The second-order valence-electron chi connectivity index (χ2n) is 3.99. The number of hydrogen-bond donors (Lipinski definition) is 1. The maximum atomic E-state index is 11.5. The maximum Gasteiger partial charge on any atom is 0.244 e. The molecule has 0 aromatic carbocycles. The third-order valence-corrected chi connectivity index (χ3v) is 2.54. The van der Waals surface area contributed by atoms with E-state index in [0.29, 0.717) is 12.4 Å². The van der Waals surface area contributed by atoms with Crippen LogP contribution in [0.1, 0.15) is 13.8 Å². The molecule has 0 radical (unpaired) electrons. The molecule has 2 heterocycles. The van der Waals surface area contributed by atoms with Crippen LogP contribution in [0.5, 0.6) is 5.88 Å². The van der Waals surface area contributed by atoms with Gasteiger partial charge in [-0.2, -0.15) is 4.98 Å². The number of methoxy groups -OCH3 is 1. The summed E-state index contributed by atoms with van der Waals surface area (Å²) in [5.74, 6) is 1.32. The molecule has 0 fully saturated rings. The Kier molecular flexibility index (Phi) is 2.68. The summed E-state index contributed by atoms with van der Waals surface area (Å²) in [5.41, 5.74) is 0.741. The highest BCUT2D eigenvalue weighted by Crippen LogP contribution is 2.30. The van der Waals surface area contributed by atoms with Gasteiger partial charge in [-0.1, -0.05) is 0 Å². The lowest BCUT2D eigenvalue weighted by atomic mass is 10.2. The Morgan fingerprint density at radius 1 is 1.50 bits per heavy atom. The monoisotopic (exact) mass is 221 g/mol. The number of carbonyl (C=O) groups is 1. The standard InChI is InChI=1S/C11H15N3O2/c1-7(2)14-6-9(15)12-8-4-5-10(16-3)13-11(8)14/h4-5,7H,6H2,1-3H3,(H,12,15). The molecule has 0 spiro atoms. The second kappa shape index (κ2) is 4.00. The van der Waals surface area contributed by atoms with Crippen LogP contribution in [0.15, 0.2) is 12.1 Å². The summed E-state index contributed by atoms with van der Waals surface area (Å²) in [5, 5.41) is 2.80. The third-order valence-electron chi connectivity index (χ3n) is 2.54. The Labute approximate surface area is 94.4 Å². The number of rotatable bonds is 2. The third kappa shape index (κ3) is 1.80. The topological polar surface area (TPSA) is 54.5 Å². The normalized spacial score (nSPS) is 14.8. The smallest absolute Gasteiger partial charge is 0.244 e. The zero-order valence-electron chi connectivity index (χ0n) is 9.65. The molecule has 1 aromatic heterocycles. The van der Waals surface area contributed by atoms with E-state index in [1.54, 1.807) is 13.2 Å². The average molecular weight is 221 g/mol. The van der Waals surface area contributed by atoms with Gasteiger partial charge in [0, 0.05) is 12.1 Å². The van der Waals surface area contributed by atoms with E-state index in [2.05, 4.69) is 10.3 Å². The molecular weight excluding hydrogens is 206 g/mol. The number of nitrogens with one attached hydrogen (secondary N) is 1. The van der Waals surface area contributed by atoms with E-state index < -0.39 is 0 Å².